The first-order valence-electron chi connectivity index (χ1n) is 5.65. The van der Waals surface area contributed by atoms with Crippen LogP contribution in [0.1, 0.15) is 20.8 Å². The SMILES string of the molecule is CC(C)(C)[C@@H]1OC(CO)[C@@H](CN)[C@H](O)C1O. The second kappa shape index (κ2) is 4.98. The fraction of sp³-hybridized carbons (Fsp3) is 1.00. The van der Waals surface area contributed by atoms with E-state index in [0.717, 1.165) is 0 Å². The van der Waals surface area contributed by atoms with Crippen molar-refractivity contribution in [2.45, 2.75) is 45.2 Å². The highest BCUT2D eigenvalue weighted by Gasteiger charge is 2.47. The van der Waals surface area contributed by atoms with Crippen LogP contribution >= 0.6 is 0 Å². The van der Waals surface area contributed by atoms with Crippen molar-refractivity contribution in [3.8, 4) is 0 Å². The van der Waals surface area contributed by atoms with Crippen molar-refractivity contribution in [1.29, 1.82) is 0 Å². The first-order valence-corrected chi connectivity index (χ1v) is 5.65. The zero-order valence-corrected chi connectivity index (χ0v) is 10.1. The zero-order chi connectivity index (χ0) is 12.5. The predicted molar refractivity (Wildman–Crippen MR) is 59.8 cm³/mol. The van der Waals surface area contributed by atoms with E-state index in [4.69, 9.17) is 10.5 Å². The Morgan fingerprint density at radius 2 is 1.75 bits per heavy atom. The van der Waals surface area contributed by atoms with Gasteiger partial charge in [0.15, 0.2) is 0 Å². The Kier molecular flexibility index (Phi) is 4.31. The molecule has 0 radical (unpaired) electrons. The van der Waals surface area contributed by atoms with Crippen molar-refractivity contribution in [2.24, 2.45) is 17.1 Å². The second-order valence-corrected chi connectivity index (χ2v) is 5.52. The molecule has 1 heterocycles. The molecular weight excluding hydrogens is 210 g/mol. The second-order valence-electron chi connectivity index (χ2n) is 5.52. The summed E-state index contributed by atoms with van der Waals surface area (Å²) < 4.78 is 5.65. The van der Waals surface area contributed by atoms with Crippen LogP contribution in [0, 0.1) is 11.3 Å². The quantitative estimate of drug-likeness (QED) is 0.495. The molecule has 1 aliphatic heterocycles. The lowest BCUT2D eigenvalue weighted by molar-refractivity contribution is -0.231. The third-order valence-corrected chi connectivity index (χ3v) is 3.20. The van der Waals surface area contributed by atoms with Crippen molar-refractivity contribution in [2.75, 3.05) is 13.2 Å². The molecule has 0 spiro atoms. The van der Waals surface area contributed by atoms with E-state index in [1.54, 1.807) is 0 Å². The summed E-state index contributed by atoms with van der Waals surface area (Å²) in [4.78, 5) is 0. The van der Waals surface area contributed by atoms with Crippen LogP contribution < -0.4 is 5.73 Å². The van der Waals surface area contributed by atoms with E-state index < -0.39 is 30.3 Å². The van der Waals surface area contributed by atoms with Crippen LogP contribution in [-0.4, -0.2) is 52.9 Å². The van der Waals surface area contributed by atoms with E-state index in [9.17, 15) is 15.3 Å². The van der Waals surface area contributed by atoms with Gasteiger partial charge in [-0.2, -0.15) is 0 Å². The molecule has 5 nitrogen and oxygen atoms in total. The van der Waals surface area contributed by atoms with Gasteiger partial charge in [-0.1, -0.05) is 20.8 Å². The number of rotatable bonds is 2. The number of nitrogens with two attached hydrogens (primary N) is 1. The van der Waals surface area contributed by atoms with E-state index in [1.807, 2.05) is 20.8 Å². The molecule has 16 heavy (non-hydrogen) atoms. The molecule has 0 aromatic carbocycles. The lowest BCUT2D eigenvalue weighted by Gasteiger charge is -2.46. The third kappa shape index (κ3) is 2.55. The summed E-state index contributed by atoms with van der Waals surface area (Å²) in [5.41, 5.74) is 5.22. The van der Waals surface area contributed by atoms with Gasteiger partial charge in [-0.15, -0.1) is 0 Å². The van der Waals surface area contributed by atoms with Gasteiger partial charge in [0.25, 0.3) is 0 Å². The Morgan fingerprint density at radius 1 is 1.19 bits per heavy atom. The van der Waals surface area contributed by atoms with Gasteiger partial charge in [-0.05, 0) is 5.41 Å². The molecule has 1 rings (SSSR count). The van der Waals surface area contributed by atoms with Gasteiger partial charge < -0.3 is 25.8 Å². The summed E-state index contributed by atoms with van der Waals surface area (Å²) in [5, 5.41) is 29.1. The number of aliphatic hydroxyl groups excluding tert-OH is 3. The minimum absolute atomic E-state index is 0.181. The van der Waals surface area contributed by atoms with Crippen LogP contribution in [0.15, 0.2) is 0 Å². The number of hydrogen-bond donors (Lipinski definition) is 4. The van der Waals surface area contributed by atoms with Gasteiger partial charge in [0.2, 0.25) is 0 Å². The molecule has 1 fully saturated rings. The van der Waals surface area contributed by atoms with Crippen LogP contribution in [0.2, 0.25) is 0 Å². The average Bonchev–Trinajstić information content (AvgIpc) is 2.19. The highest BCUT2D eigenvalue weighted by atomic mass is 16.5. The lowest BCUT2D eigenvalue weighted by atomic mass is 9.77. The first-order chi connectivity index (χ1) is 7.32. The number of hydrogen-bond acceptors (Lipinski definition) is 5. The van der Waals surface area contributed by atoms with Gasteiger partial charge in [-0.3, -0.25) is 0 Å². The van der Waals surface area contributed by atoms with Gasteiger partial charge in [0.05, 0.1) is 24.9 Å². The minimum Gasteiger partial charge on any atom is -0.394 e. The first kappa shape index (κ1) is 13.9. The number of ether oxygens (including phenoxy) is 1. The van der Waals surface area contributed by atoms with Crippen molar-refractivity contribution >= 4 is 0 Å². The Bertz CT molecular complexity index is 227. The summed E-state index contributed by atoms with van der Waals surface area (Å²) >= 11 is 0. The van der Waals surface area contributed by atoms with E-state index in [1.165, 1.54) is 0 Å². The van der Waals surface area contributed by atoms with Crippen LogP contribution in [0.3, 0.4) is 0 Å². The van der Waals surface area contributed by atoms with Gasteiger partial charge in [0, 0.05) is 12.5 Å². The number of aliphatic hydroxyl groups is 3. The molecule has 0 aromatic heterocycles. The Hall–Kier alpha value is -0.200. The Labute approximate surface area is 96.2 Å². The topological polar surface area (TPSA) is 95.9 Å². The molecule has 0 aromatic rings. The Morgan fingerprint density at radius 3 is 2.12 bits per heavy atom. The summed E-state index contributed by atoms with van der Waals surface area (Å²) in [5.74, 6) is -0.418. The van der Waals surface area contributed by atoms with Crippen LogP contribution in [0.4, 0.5) is 0 Å². The van der Waals surface area contributed by atoms with E-state index in [0.29, 0.717) is 0 Å². The Balaban J connectivity index is 2.87. The molecule has 2 unspecified atom stereocenters. The van der Waals surface area contributed by atoms with Gasteiger partial charge >= 0.3 is 0 Å². The summed E-state index contributed by atoms with van der Waals surface area (Å²) in [7, 11) is 0. The van der Waals surface area contributed by atoms with Crippen LogP contribution in [0.5, 0.6) is 0 Å². The van der Waals surface area contributed by atoms with E-state index >= 15 is 0 Å². The molecule has 1 saturated heterocycles. The molecular formula is C11H23NO4. The fourth-order valence-corrected chi connectivity index (χ4v) is 2.21. The standard InChI is InChI=1S/C11H23NO4/c1-11(2,3)10-9(15)8(14)6(4-12)7(5-13)16-10/h6-10,13-15H,4-5,12H2,1-3H3/t6-,7?,8+,9?,10-/m1/s1. The molecule has 96 valence electrons. The monoisotopic (exact) mass is 233 g/mol. The average molecular weight is 233 g/mol. The van der Waals surface area contributed by atoms with Crippen molar-refractivity contribution in [1.82, 2.24) is 0 Å². The van der Waals surface area contributed by atoms with Crippen molar-refractivity contribution in [3.05, 3.63) is 0 Å². The summed E-state index contributed by atoms with van der Waals surface area (Å²) in [6, 6.07) is 0. The maximum absolute atomic E-state index is 9.98. The highest BCUT2D eigenvalue weighted by Crippen LogP contribution is 2.34. The largest absolute Gasteiger partial charge is 0.394 e. The lowest BCUT2D eigenvalue weighted by Crippen LogP contribution is -2.60. The van der Waals surface area contributed by atoms with Crippen molar-refractivity contribution in [3.63, 3.8) is 0 Å². The normalized spacial score (nSPS) is 41.1. The van der Waals surface area contributed by atoms with Crippen LogP contribution in [0.25, 0.3) is 0 Å². The zero-order valence-electron chi connectivity index (χ0n) is 10.1. The molecule has 1 aliphatic rings. The maximum Gasteiger partial charge on any atom is 0.107 e. The van der Waals surface area contributed by atoms with Gasteiger partial charge in [0.1, 0.15) is 6.10 Å². The highest BCUT2D eigenvalue weighted by molar-refractivity contribution is 4.96. The molecule has 0 aliphatic carbocycles. The summed E-state index contributed by atoms with van der Waals surface area (Å²) in [6.45, 7) is 5.75. The van der Waals surface area contributed by atoms with Crippen LogP contribution in [-0.2, 0) is 4.74 Å². The molecule has 5 N–H and O–H groups in total. The molecule has 0 saturated carbocycles. The van der Waals surface area contributed by atoms with E-state index in [-0.39, 0.29) is 18.6 Å². The smallest absolute Gasteiger partial charge is 0.107 e. The molecule has 5 heteroatoms. The molecule has 0 amide bonds. The predicted octanol–water partition coefficient (Wildman–Crippen LogP) is -0.911. The maximum atomic E-state index is 9.98. The van der Waals surface area contributed by atoms with Gasteiger partial charge in [-0.25, -0.2) is 0 Å². The minimum atomic E-state index is -0.962. The fourth-order valence-electron chi connectivity index (χ4n) is 2.21. The van der Waals surface area contributed by atoms with Crippen molar-refractivity contribution < 1.29 is 20.1 Å². The molecule has 5 atom stereocenters. The van der Waals surface area contributed by atoms with E-state index in [2.05, 4.69) is 0 Å². The molecule has 0 bridgehead atoms. The summed E-state index contributed by atoms with van der Waals surface area (Å²) in [6.07, 6.45) is -2.91. The third-order valence-electron chi connectivity index (χ3n) is 3.20.